The van der Waals surface area contributed by atoms with E-state index in [4.69, 9.17) is 9.47 Å². The van der Waals surface area contributed by atoms with Crippen LogP contribution in [0.4, 0.5) is 0 Å². The van der Waals surface area contributed by atoms with Crippen LogP contribution in [0.3, 0.4) is 0 Å². The Morgan fingerprint density at radius 1 is 0.784 bits per heavy atom. The van der Waals surface area contributed by atoms with Crippen LogP contribution in [-0.4, -0.2) is 169 Å². The number of nitrogens with zero attached hydrogens (tertiary/aromatic N) is 6. The highest BCUT2D eigenvalue weighted by atomic mass is 32.2. The van der Waals surface area contributed by atoms with Crippen LogP contribution >= 0.6 is 0 Å². The largest absolute Gasteiger partial charge is 0.497 e. The van der Waals surface area contributed by atoms with Gasteiger partial charge in [-0.25, -0.2) is 8.42 Å². The number of likely N-dealkylation sites (N-methyl/N-ethyl adjacent to an activating group) is 4. The van der Waals surface area contributed by atoms with E-state index in [9.17, 15) is 13.2 Å². The molecule has 4 fully saturated rings. The third-order valence-corrected chi connectivity index (χ3v) is 14.4. The zero-order valence-electron chi connectivity index (χ0n) is 33.2. The van der Waals surface area contributed by atoms with Gasteiger partial charge in [-0.05, 0) is 108 Å². The molecule has 1 aromatic rings. The lowest BCUT2D eigenvalue weighted by Crippen LogP contribution is -2.51. The first-order valence-electron chi connectivity index (χ1n) is 19.6. The van der Waals surface area contributed by atoms with Gasteiger partial charge >= 0.3 is 0 Å². The summed E-state index contributed by atoms with van der Waals surface area (Å²) < 4.78 is 38.4. The molecule has 12 heteroatoms. The van der Waals surface area contributed by atoms with Crippen LogP contribution in [0.25, 0.3) is 0 Å². The lowest BCUT2D eigenvalue weighted by atomic mass is 9.84. The predicted molar refractivity (Wildman–Crippen MR) is 206 cm³/mol. The summed E-state index contributed by atoms with van der Waals surface area (Å²) in [6.07, 6.45) is 11.6. The van der Waals surface area contributed by atoms with Gasteiger partial charge < -0.3 is 24.2 Å². The highest BCUT2D eigenvalue weighted by molar-refractivity contribution is 7.89. The Morgan fingerprint density at radius 3 is 1.71 bits per heavy atom. The fourth-order valence-corrected chi connectivity index (χ4v) is 10.0. The molecule has 2 saturated heterocycles. The summed E-state index contributed by atoms with van der Waals surface area (Å²) in [4.78, 5) is 25.0. The Bertz CT molecular complexity index is 1290. The smallest absolute Gasteiger partial charge is 0.248 e. The van der Waals surface area contributed by atoms with Crippen LogP contribution in [0.2, 0.25) is 0 Å². The topological polar surface area (TPSA) is 89.1 Å². The minimum Gasteiger partial charge on any atom is -0.497 e. The van der Waals surface area contributed by atoms with Crippen molar-refractivity contribution in [1.29, 1.82) is 0 Å². The lowest BCUT2D eigenvalue weighted by Gasteiger charge is -2.42. The van der Waals surface area contributed by atoms with E-state index in [1.165, 1.54) is 69.6 Å². The Kier molecular flexibility index (Phi) is 16.5. The van der Waals surface area contributed by atoms with Crippen LogP contribution in [0.1, 0.15) is 75.8 Å². The predicted octanol–water partition coefficient (Wildman–Crippen LogP) is 4.17. The zero-order valence-corrected chi connectivity index (χ0v) is 34.1. The summed E-state index contributed by atoms with van der Waals surface area (Å²) in [7, 11) is 5.69. The second-order valence-corrected chi connectivity index (χ2v) is 17.7. The van der Waals surface area contributed by atoms with Gasteiger partial charge in [0.1, 0.15) is 12.4 Å². The van der Waals surface area contributed by atoms with Crippen molar-refractivity contribution >= 4 is 15.9 Å². The van der Waals surface area contributed by atoms with Crippen molar-refractivity contribution in [3.8, 4) is 5.75 Å². The van der Waals surface area contributed by atoms with E-state index in [-0.39, 0.29) is 36.6 Å². The molecule has 1 aromatic carbocycles. The Morgan fingerprint density at radius 2 is 1.25 bits per heavy atom. The SMILES string of the molecule is CCC1CCC(N2CCN(C)CC2)CC1.COc1cc(C)c(S(=O)(=O)N(C)CCOCC(=O)N(C)C2CCC(N3CCN(C)CC3)CC2)c(C)c1. The maximum Gasteiger partial charge on any atom is 0.248 e. The normalized spacial score (nSPS) is 26.1. The van der Waals surface area contributed by atoms with Crippen LogP contribution in [0, 0.1) is 19.8 Å². The molecule has 2 heterocycles. The van der Waals surface area contributed by atoms with Crippen LogP contribution < -0.4 is 4.74 Å². The number of hydrogen-bond acceptors (Lipinski definition) is 9. The molecule has 2 aliphatic carbocycles. The third-order valence-electron chi connectivity index (χ3n) is 12.2. The number of sulfonamides is 1. The molecule has 0 spiro atoms. The number of amides is 1. The quantitative estimate of drug-likeness (QED) is 0.294. The second-order valence-electron chi connectivity index (χ2n) is 15.7. The van der Waals surface area contributed by atoms with Crippen molar-refractivity contribution in [3.63, 3.8) is 0 Å². The monoisotopic (exact) mass is 735 g/mol. The number of piperazine rings is 2. The summed E-state index contributed by atoms with van der Waals surface area (Å²) in [5, 5.41) is 0. The molecule has 1 amide bonds. The number of hydrogen-bond donors (Lipinski definition) is 0. The Balaban J connectivity index is 0.000000322. The van der Waals surface area contributed by atoms with Gasteiger partial charge in [-0.15, -0.1) is 0 Å². The molecule has 0 atom stereocenters. The van der Waals surface area contributed by atoms with E-state index in [1.807, 2.05) is 11.9 Å². The summed E-state index contributed by atoms with van der Waals surface area (Å²) in [5.74, 6) is 1.62. The molecule has 0 N–H and O–H groups in total. The highest BCUT2D eigenvalue weighted by Crippen LogP contribution is 2.31. The number of methoxy groups -OCH3 is 1. The maximum absolute atomic E-state index is 13.1. The Hall–Kier alpha value is -1.80. The molecule has 0 radical (unpaired) electrons. The van der Waals surface area contributed by atoms with Crippen LogP contribution in [0.15, 0.2) is 17.0 Å². The van der Waals surface area contributed by atoms with Gasteiger partial charge in [0.25, 0.3) is 0 Å². The van der Waals surface area contributed by atoms with Gasteiger partial charge in [0, 0.05) is 91.1 Å². The second kappa shape index (κ2) is 20.0. The van der Waals surface area contributed by atoms with Crippen molar-refractivity contribution in [1.82, 2.24) is 28.8 Å². The molecule has 11 nitrogen and oxygen atoms in total. The van der Waals surface area contributed by atoms with Crippen molar-refractivity contribution in [2.75, 3.05) is 107 Å². The lowest BCUT2D eigenvalue weighted by molar-refractivity contribution is -0.137. The molecule has 0 unspecified atom stereocenters. The van der Waals surface area contributed by atoms with Crippen molar-refractivity contribution < 1.29 is 22.7 Å². The molecule has 2 saturated carbocycles. The zero-order chi connectivity index (χ0) is 37.1. The summed E-state index contributed by atoms with van der Waals surface area (Å²) in [5.41, 5.74) is 1.28. The number of ether oxygens (including phenoxy) is 2. The summed E-state index contributed by atoms with van der Waals surface area (Å²) in [6, 6.07) is 5.23. The number of aryl methyl sites for hydroxylation is 2. The molecule has 4 aliphatic rings. The van der Waals surface area contributed by atoms with E-state index >= 15 is 0 Å². The first kappa shape index (κ1) is 41.9. The van der Waals surface area contributed by atoms with E-state index in [0.717, 1.165) is 63.8 Å². The average Bonchev–Trinajstić information content (AvgIpc) is 3.13. The van der Waals surface area contributed by atoms with E-state index < -0.39 is 10.0 Å². The van der Waals surface area contributed by atoms with Gasteiger partial charge in [-0.2, -0.15) is 4.31 Å². The molecule has 2 aliphatic heterocycles. The molecule has 0 aromatic heterocycles. The van der Waals surface area contributed by atoms with E-state index in [2.05, 4.69) is 40.6 Å². The number of carbonyl (C=O) groups excluding carboxylic acids is 1. The van der Waals surface area contributed by atoms with Gasteiger partial charge in [0.05, 0.1) is 18.6 Å². The number of carbonyl (C=O) groups is 1. The molecular formula is C39H70N6O5S. The van der Waals surface area contributed by atoms with Crippen LogP contribution in [0.5, 0.6) is 5.75 Å². The van der Waals surface area contributed by atoms with Gasteiger partial charge in [-0.3, -0.25) is 14.6 Å². The first-order chi connectivity index (χ1) is 24.3. The molecule has 0 bridgehead atoms. The molecule has 292 valence electrons. The summed E-state index contributed by atoms with van der Waals surface area (Å²) >= 11 is 0. The van der Waals surface area contributed by atoms with Crippen molar-refractivity contribution in [3.05, 3.63) is 23.3 Å². The number of benzene rings is 1. The van der Waals surface area contributed by atoms with Crippen molar-refractivity contribution in [2.24, 2.45) is 5.92 Å². The molecular weight excluding hydrogens is 665 g/mol. The van der Waals surface area contributed by atoms with E-state index in [0.29, 0.717) is 22.9 Å². The van der Waals surface area contributed by atoms with E-state index in [1.54, 1.807) is 33.1 Å². The third kappa shape index (κ3) is 11.8. The maximum atomic E-state index is 13.1. The molecule has 51 heavy (non-hydrogen) atoms. The standard InChI is InChI=1S/C26H44N4O5S.C13H26N2/c1-20-17-24(34-6)18-21(2)26(20)36(32,33)28(4)15-16-35-19-25(31)29(5)22-7-9-23(10-8-22)30-13-11-27(3)12-14-30;1-3-12-4-6-13(7-5-12)15-10-8-14(2)9-11-15/h17-18,22-23H,7-16,19H2,1-6H3;12-13H,3-11H2,1-2H3. The first-order valence-corrected chi connectivity index (χ1v) is 21.1. The highest BCUT2D eigenvalue weighted by Gasteiger charge is 2.31. The Labute approximate surface area is 310 Å². The molecule has 5 rings (SSSR count). The fraction of sp³-hybridized carbons (Fsp3) is 0.821. The summed E-state index contributed by atoms with van der Waals surface area (Å²) in [6.45, 7) is 15.8. The number of rotatable bonds is 12. The van der Waals surface area contributed by atoms with Crippen molar-refractivity contribution in [2.45, 2.75) is 102 Å². The van der Waals surface area contributed by atoms with Gasteiger partial charge in [0.15, 0.2) is 0 Å². The minimum absolute atomic E-state index is 0.0383. The van der Waals surface area contributed by atoms with Crippen LogP contribution in [-0.2, 0) is 19.6 Å². The minimum atomic E-state index is -3.68. The van der Waals surface area contributed by atoms with Gasteiger partial charge in [-0.1, -0.05) is 13.3 Å². The average molecular weight is 735 g/mol. The van der Waals surface area contributed by atoms with Gasteiger partial charge in [0.2, 0.25) is 15.9 Å². The fourth-order valence-electron chi connectivity index (χ4n) is 8.47.